The van der Waals surface area contributed by atoms with Gasteiger partial charge in [0.05, 0.1) is 11.5 Å². The van der Waals surface area contributed by atoms with E-state index < -0.39 is 0 Å². The van der Waals surface area contributed by atoms with Crippen molar-refractivity contribution in [3.8, 4) is 11.5 Å². The van der Waals surface area contributed by atoms with Gasteiger partial charge in [-0.15, -0.1) is 0 Å². The van der Waals surface area contributed by atoms with Gasteiger partial charge >= 0.3 is 0 Å². The molecule has 0 unspecified atom stereocenters. The number of hydrogen-bond donors (Lipinski definition) is 2. The number of nitrogens with zero attached hydrogens (tertiary/aromatic N) is 1. The Labute approximate surface area is 140 Å². The average molecular weight is 318 g/mol. The van der Waals surface area contributed by atoms with Crippen LogP contribution in [0.4, 0.5) is 5.69 Å². The minimum absolute atomic E-state index is 0.789. The molecule has 0 atom stereocenters. The van der Waals surface area contributed by atoms with Gasteiger partial charge in [0.1, 0.15) is 18.3 Å². The number of aryl methyl sites for hydroxylation is 1. The van der Waals surface area contributed by atoms with E-state index in [-0.39, 0.29) is 0 Å². The van der Waals surface area contributed by atoms with Gasteiger partial charge in [0.25, 0.3) is 0 Å². The molecule has 4 rings (SSSR count). The van der Waals surface area contributed by atoms with Gasteiger partial charge in [0.2, 0.25) is 5.36 Å². The Morgan fingerprint density at radius 1 is 1.12 bits per heavy atom. The highest BCUT2D eigenvalue weighted by atomic mass is 16.3. The molecule has 0 saturated carbocycles. The molecule has 0 radical (unpaired) electrons. The standard InChI is InChI=1S/C20H19N3O/c1-4-22-15-10-18-17(9-12(15)2)23-20-14-8-6-5-7-13(14)16(21-3)11-19(20)24-18/h5-11,22H,4H2,1-3H3/p+1. The molecule has 4 heteroatoms. The van der Waals surface area contributed by atoms with Crippen LogP contribution in [0, 0.1) is 6.92 Å². The van der Waals surface area contributed by atoms with E-state index in [0.29, 0.717) is 0 Å². The summed E-state index contributed by atoms with van der Waals surface area (Å²) in [6.45, 7) is 5.05. The van der Waals surface area contributed by atoms with Crippen molar-refractivity contribution in [3.63, 3.8) is 0 Å². The van der Waals surface area contributed by atoms with Gasteiger partial charge in [0.15, 0.2) is 11.3 Å². The minimum Gasteiger partial charge on any atom is -0.452 e. The molecule has 0 spiro atoms. The first-order chi connectivity index (χ1) is 11.7. The second kappa shape index (κ2) is 5.64. The Morgan fingerprint density at radius 2 is 1.92 bits per heavy atom. The smallest absolute Gasteiger partial charge is 0.209 e. The molecular formula is C20H20N3O+. The molecule has 0 aromatic heterocycles. The third kappa shape index (κ3) is 2.22. The molecule has 2 aromatic carbocycles. The van der Waals surface area contributed by atoms with Crippen molar-refractivity contribution in [2.75, 3.05) is 18.9 Å². The summed E-state index contributed by atoms with van der Waals surface area (Å²) in [5, 5.41) is 6.66. The molecule has 120 valence electrons. The molecule has 2 aromatic rings. The number of benzene rings is 3. The fraction of sp³-hybridized carbons (Fsp3) is 0.200. The van der Waals surface area contributed by atoms with Crippen molar-refractivity contribution in [2.24, 2.45) is 0 Å². The topological polar surface area (TPSA) is 52.0 Å². The first-order valence-corrected chi connectivity index (χ1v) is 8.23. The minimum atomic E-state index is 0.789. The predicted molar refractivity (Wildman–Crippen MR) is 97.1 cm³/mol. The number of hydrogen-bond acceptors (Lipinski definition) is 3. The zero-order valence-electron chi connectivity index (χ0n) is 14.1. The lowest BCUT2D eigenvalue weighted by Gasteiger charge is -2.12. The number of anilines is 1. The van der Waals surface area contributed by atoms with E-state index in [2.05, 4.69) is 42.4 Å². The lowest BCUT2D eigenvalue weighted by atomic mass is 10.0. The number of fused-ring (bicyclic) bond motifs is 4. The predicted octanol–water partition coefficient (Wildman–Crippen LogP) is 2.44. The molecule has 24 heavy (non-hydrogen) atoms. The lowest BCUT2D eigenvalue weighted by molar-refractivity contribution is -0.464. The van der Waals surface area contributed by atoms with E-state index >= 15 is 0 Å². The van der Waals surface area contributed by atoms with Crippen LogP contribution in [0.15, 0.2) is 46.9 Å². The SMILES string of the molecule is CCNc1cc2oc3cc(=[NH+]C)c4ccccc4c-3nc2cc1C. The summed E-state index contributed by atoms with van der Waals surface area (Å²) in [6, 6.07) is 14.4. The highest BCUT2D eigenvalue weighted by Crippen LogP contribution is 2.31. The molecule has 0 fully saturated rings. The fourth-order valence-electron chi connectivity index (χ4n) is 3.20. The van der Waals surface area contributed by atoms with Crippen LogP contribution in [0.3, 0.4) is 0 Å². The maximum Gasteiger partial charge on any atom is 0.209 e. The van der Waals surface area contributed by atoms with Crippen molar-refractivity contribution >= 4 is 27.6 Å². The van der Waals surface area contributed by atoms with Crippen molar-refractivity contribution in [1.29, 1.82) is 0 Å². The van der Waals surface area contributed by atoms with Crippen LogP contribution >= 0.6 is 0 Å². The summed E-state index contributed by atoms with van der Waals surface area (Å²) >= 11 is 0. The number of rotatable bonds is 2. The van der Waals surface area contributed by atoms with E-state index in [0.717, 1.165) is 50.9 Å². The Hall–Kier alpha value is -2.88. The van der Waals surface area contributed by atoms with E-state index in [4.69, 9.17) is 9.40 Å². The summed E-state index contributed by atoms with van der Waals surface area (Å²) in [7, 11) is 1.93. The van der Waals surface area contributed by atoms with Crippen molar-refractivity contribution in [2.45, 2.75) is 13.8 Å². The van der Waals surface area contributed by atoms with Crippen molar-refractivity contribution in [1.82, 2.24) is 4.98 Å². The van der Waals surface area contributed by atoms with Gasteiger partial charge in [-0.3, -0.25) is 0 Å². The summed E-state index contributed by atoms with van der Waals surface area (Å²) in [5.74, 6) is 0.789. The van der Waals surface area contributed by atoms with Crippen LogP contribution in [0.25, 0.3) is 33.3 Å². The molecule has 0 bridgehead atoms. The quantitative estimate of drug-likeness (QED) is 0.441. The van der Waals surface area contributed by atoms with Gasteiger partial charge < -0.3 is 9.73 Å². The second-order valence-corrected chi connectivity index (χ2v) is 5.95. The third-order valence-electron chi connectivity index (χ3n) is 4.38. The van der Waals surface area contributed by atoms with Crippen LogP contribution in [-0.4, -0.2) is 18.6 Å². The van der Waals surface area contributed by atoms with Crippen LogP contribution in [0.5, 0.6) is 0 Å². The monoisotopic (exact) mass is 318 g/mol. The van der Waals surface area contributed by atoms with E-state index in [1.54, 1.807) is 0 Å². The third-order valence-corrected chi connectivity index (χ3v) is 4.38. The zero-order chi connectivity index (χ0) is 16.7. The summed E-state index contributed by atoms with van der Waals surface area (Å²) in [4.78, 5) is 8.14. The van der Waals surface area contributed by atoms with Crippen LogP contribution < -0.4 is 15.7 Å². The van der Waals surface area contributed by atoms with E-state index in [1.807, 2.05) is 31.3 Å². The zero-order valence-corrected chi connectivity index (χ0v) is 14.1. The first kappa shape index (κ1) is 14.7. The molecule has 0 saturated heterocycles. The highest BCUT2D eigenvalue weighted by molar-refractivity contribution is 5.96. The van der Waals surface area contributed by atoms with E-state index in [1.165, 1.54) is 5.56 Å². The lowest BCUT2D eigenvalue weighted by Crippen LogP contribution is -2.71. The average Bonchev–Trinajstić information content (AvgIpc) is 2.60. The second-order valence-electron chi connectivity index (χ2n) is 5.95. The van der Waals surface area contributed by atoms with Crippen LogP contribution in [0.1, 0.15) is 12.5 Å². The molecular weight excluding hydrogens is 298 g/mol. The molecule has 1 aliphatic heterocycles. The van der Waals surface area contributed by atoms with Gasteiger partial charge in [-0.1, -0.05) is 18.2 Å². The van der Waals surface area contributed by atoms with Gasteiger partial charge in [-0.25, -0.2) is 9.98 Å². The van der Waals surface area contributed by atoms with Gasteiger partial charge in [0, 0.05) is 23.7 Å². The van der Waals surface area contributed by atoms with Crippen LogP contribution in [0.2, 0.25) is 0 Å². The van der Waals surface area contributed by atoms with Crippen molar-refractivity contribution in [3.05, 3.63) is 53.4 Å². The normalized spacial score (nSPS) is 12.4. The molecule has 1 heterocycles. The Balaban J connectivity index is 2.13. The maximum absolute atomic E-state index is 6.20. The fourth-order valence-corrected chi connectivity index (χ4v) is 3.20. The van der Waals surface area contributed by atoms with E-state index in [9.17, 15) is 0 Å². The summed E-state index contributed by atoms with van der Waals surface area (Å²) < 4.78 is 6.20. The molecule has 1 aliphatic carbocycles. The van der Waals surface area contributed by atoms with Gasteiger partial charge in [-0.2, -0.15) is 0 Å². The first-order valence-electron chi connectivity index (χ1n) is 8.23. The van der Waals surface area contributed by atoms with Crippen molar-refractivity contribution < 1.29 is 9.41 Å². The maximum atomic E-state index is 6.20. The molecule has 4 nitrogen and oxygen atoms in total. The summed E-state index contributed by atoms with van der Waals surface area (Å²) in [6.07, 6.45) is 0. The Bertz CT molecular complexity index is 1100. The Morgan fingerprint density at radius 3 is 2.67 bits per heavy atom. The Kier molecular flexibility index (Phi) is 3.45. The number of aromatic nitrogens is 1. The summed E-state index contributed by atoms with van der Waals surface area (Å²) in [5.41, 5.74) is 4.82. The van der Waals surface area contributed by atoms with Crippen LogP contribution in [-0.2, 0) is 0 Å². The molecule has 2 N–H and O–H groups in total. The number of nitrogens with one attached hydrogen (secondary N) is 2. The molecule has 0 amide bonds. The largest absolute Gasteiger partial charge is 0.452 e. The molecule has 2 aliphatic rings. The highest BCUT2D eigenvalue weighted by Gasteiger charge is 2.16. The van der Waals surface area contributed by atoms with Gasteiger partial charge in [-0.05, 0) is 31.5 Å².